The minimum Gasteiger partial charge on any atom is -0.393 e. The number of hydrogen-bond donors (Lipinski definition) is 1. The highest BCUT2D eigenvalue weighted by atomic mass is 16.3. The highest BCUT2D eigenvalue weighted by molar-refractivity contribution is 5.05. The molecule has 0 amide bonds. The van der Waals surface area contributed by atoms with Gasteiger partial charge in [-0.25, -0.2) is 0 Å². The smallest absolute Gasteiger partial charge is 0.0574 e. The van der Waals surface area contributed by atoms with Crippen molar-refractivity contribution < 1.29 is 5.11 Å². The number of aliphatic hydroxyl groups is 1. The van der Waals surface area contributed by atoms with E-state index in [1.807, 2.05) is 0 Å². The first kappa shape index (κ1) is 11.2. The van der Waals surface area contributed by atoms with Gasteiger partial charge in [0.05, 0.1) is 6.10 Å². The second-order valence-electron chi connectivity index (χ2n) is 6.20. The van der Waals surface area contributed by atoms with Crippen LogP contribution in [0, 0.1) is 17.3 Å². The first-order chi connectivity index (χ1) is 7.00. The lowest BCUT2D eigenvalue weighted by molar-refractivity contribution is -0.0884. The van der Waals surface area contributed by atoms with Crippen molar-refractivity contribution in [1.29, 1.82) is 0 Å². The van der Waals surface area contributed by atoms with E-state index in [1.165, 1.54) is 24.8 Å². The summed E-state index contributed by atoms with van der Waals surface area (Å²) in [7, 11) is 0. The van der Waals surface area contributed by atoms with Crippen LogP contribution >= 0.6 is 0 Å². The van der Waals surface area contributed by atoms with Crippen LogP contribution in [0.1, 0.15) is 52.9 Å². The summed E-state index contributed by atoms with van der Waals surface area (Å²) in [6.45, 7) is 6.95. The molecule has 2 aliphatic rings. The standard InChI is InChI=1S/C14H24O/c1-10-5-4-6-13(15)11-9-14(2,3)12(11)8-7-10/h5,11-13,15H,4,6-9H2,1-3H3/b10-5+/t11-,12+,13+/m0/s1. The minimum atomic E-state index is -0.0508. The van der Waals surface area contributed by atoms with Gasteiger partial charge in [-0.3, -0.25) is 0 Å². The van der Waals surface area contributed by atoms with Crippen molar-refractivity contribution in [3.8, 4) is 0 Å². The molecule has 15 heavy (non-hydrogen) atoms. The Bertz CT molecular complexity index is 265. The van der Waals surface area contributed by atoms with Crippen molar-refractivity contribution in [1.82, 2.24) is 0 Å². The van der Waals surface area contributed by atoms with Gasteiger partial charge in [0, 0.05) is 0 Å². The second kappa shape index (κ2) is 3.93. The van der Waals surface area contributed by atoms with Crippen molar-refractivity contribution in [2.45, 2.75) is 59.0 Å². The SMILES string of the molecule is C/C1=C\CC[C@@H](O)[C@H]2CC(C)(C)[C@@H]2CC1. The number of aliphatic hydroxyl groups excluding tert-OH is 1. The van der Waals surface area contributed by atoms with Gasteiger partial charge < -0.3 is 5.11 Å². The molecule has 0 saturated heterocycles. The van der Waals surface area contributed by atoms with Crippen LogP contribution in [-0.2, 0) is 0 Å². The molecule has 1 fully saturated rings. The van der Waals surface area contributed by atoms with Gasteiger partial charge in [-0.15, -0.1) is 0 Å². The summed E-state index contributed by atoms with van der Waals surface area (Å²) in [4.78, 5) is 0. The summed E-state index contributed by atoms with van der Waals surface area (Å²) in [5, 5.41) is 10.1. The summed E-state index contributed by atoms with van der Waals surface area (Å²) in [6, 6.07) is 0. The van der Waals surface area contributed by atoms with E-state index in [-0.39, 0.29) is 6.10 Å². The quantitative estimate of drug-likeness (QED) is 0.604. The summed E-state index contributed by atoms with van der Waals surface area (Å²) in [6.07, 6.45) is 8.03. The molecule has 0 spiro atoms. The molecule has 1 N–H and O–H groups in total. The van der Waals surface area contributed by atoms with Gasteiger partial charge in [-0.05, 0) is 56.3 Å². The van der Waals surface area contributed by atoms with E-state index in [1.54, 1.807) is 0 Å². The monoisotopic (exact) mass is 208 g/mol. The average Bonchev–Trinajstić information content (AvgIpc) is 2.18. The maximum absolute atomic E-state index is 10.1. The molecule has 1 nitrogen and oxygen atoms in total. The van der Waals surface area contributed by atoms with Crippen LogP contribution in [0.25, 0.3) is 0 Å². The highest BCUT2D eigenvalue weighted by Crippen LogP contribution is 2.55. The molecule has 3 atom stereocenters. The average molecular weight is 208 g/mol. The van der Waals surface area contributed by atoms with E-state index in [0.29, 0.717) is 11.3 Å². The third-order valence-electron chi connectivity index (χ3n) is 4.58. The van der Waals surface area contributed by atoms with E-state index < -0.39 is 0 Å². The largest absolute Gasteiger partial charge is 0.393 e. The Hall–Kier alpha value is -0.300. The lowest BCUT2D eigenvalue weighted by atomic mass is 9.52. The summed E-state index contributed by atoms with van der Waals surface area (Å²) in [5.41, 5.74) is 1.99. The molecular formula is C14H24O. The molecule has 86 valence electrons. The molecule has 0 aromatic rings. The molecule has 0 aromatic heterocycles. The Morgan fingerprint density at radius 2 is 2.07 bits per heavy atom. The van der Waals surface area contributed by atoms with Gasteiger partial charge in [0.15, 0.2) is 0 Å². The van der Waals surface area contributed by atoms with Gasteiger partial charge >= 0.3 is 0 Å². The molecule has 1 heteroatoms. The fraction of sp³-hybridized carbons (Fsp3) is 0.857. The maximum Gasteiger partial charge on any atom is 0.0574 e. The molecule has 0 aromatic carbocycles. The Morgan fingerprint density at radius 3 is 2.73 bits per heavy atom. The highest BCUT2D eigenvalue weighted by Gasteiger charge is 2.49. The van der Waals surface area contributed by atoms with Crippen LogP contribution in [0.4, 0.5) is 0 Å². The van der Waals surface area contributed by atoms with Crippen LogP contribution in [0.5, 0.6) is 0 Å². The molecule has 2 rings (SSSR count). The van der Waals surface area contributed by atoms with Crippen LogP contribution in [-0.4, -0.2) is 11.2 Å². The van der Waals surface area contributed by atoms with Gasteiger partial charge in [-0.2, -0.15) is 0 Å². The van der Waals surface area contributed by atoms with Crippen molar-refractivity contribution in [3.63, 3.8) is 0 Å². The molecule has 1 saturated carbocycles. The van der Waals surface area contributed by atoms with E-state index in [4.69, 9.17) is 0 Å². The predicted molar refractivity (Wildman–Crippen MR) is 63.6 cm³/mol. The molecule has 0 unspecified atom stereocenters. The lowest BCUT2D eigenvalue weighted by Crippen LogP contribution is -2.49. The summed E-state index contributed by atoms with van der Waals surface area (Å²) >= 11 is 0. The van der Waals surface area contributed by atoms with E-state index in [0.717, 1.165) is 18.8 Å². The summed E-state index contributed by atoms with van der Waals surface area (Å²) in [5.74, 6) is 1.33. The predicted octanol–water partition coefficient (Wildman–Crippen LogP) is 3.53. The number of fused-ring (bicyclic) bond motifs is 1. The number of allylic oxidation sites excluding steroid dienone is 2. The van der Waals surface area contributed by atoms with Crippen LogP contribution in [0.15, 0.2) is 11.6 Å². The zero-order valence-corrected chi connectivity index (χ0v) is 10.3. The summed E-state index contributed by atoms with van der Waals surface area (Å²) < 4.78 is 0. The Morgan fingerprint density at radius 1 is 1.33 bits per heavy atom. The van der Waals surface area contributed by atoms with Gasteiger partial charge in [0.2, 0.25) is 0 Å². The van der Waals surface area contributed by atoms with Crippen LogP contribution in [0.3, 0.4) is 0 Å². The van der Waals surface area contributed by atoms with E-state index >= 15 is 0 Å². The third-order valence-corrected chi connectivity index (χ3v) is 4.58. The van der Waals surface area contributed by atoms with Crippen molar-refractivity contribution >= 4 is 0 Å². The molecular weight excluding hydrogens is 184 g/mol. The molecule has 0 heterocycles. The van der Waals surface area contributed by atoms with Crippen molar-refractivity contribution in [2.75, 3.05) is 0 Å². The molecule has 0 bridgehead atoms. The maximum atomic E-state index is 10.1. The Kier molecular flexibility index (Phi) is 2.94. The first-order valence-electron chi connectivity index (χ1n) is 6.34. The fourth-order valence-electron chi connectivity index (χ4n) is 3.53. The number of hydrogen-bond acceptors (Lipinski definition) is 1. The Balaban J connectivity index is 2.08. The zero-order chi connectivity index (χ0) is 11.1. The third kappa shape index (κ3) is 2.13. The minimum absolute atomic E-state index is 0.0508. The Labute approximate surface area is 93.6 Å². The lowest BCUT2D eigenvalue weighted by Gasteiger charge is -2.53. The molecule has 0 aliphatic heterocycles. The molecule has 2 aliphatic carbocycles. The van der Waals surface area contributed by atoms with E-state index in [2.05, 4.69) is 26.8 Å². The normalized spacial score (nSPS) is 43.7. The van der Waals surface area contributed by atoms with Gasteiger partial charge in [0.25, 0.3) is 0 Å². The fourth-order valence-corrected chi connectivity index (χ4v) is 3.53. The van der Waals surface area contributed by atoms with E-state index in [9.17, 15) is 5.11 Å². The second-order valence-corrected chi connectivity index (χ2v) is 6.20. The number of rotatable bonds is 0. The van der Waals surface area contributed by atoms with Crippen LogP contribution in [0.2, 0.25) is 0 Å². The topological polar surface area (TPSA) is 20.2 Å². The van der Waals surface area contributed by atoms with Gasteiger partial charge in [0.1, 0.15) is 0 Å². The molecule has 0 radical (unpaired) electrons. The zero-order valence-electron chi connectivity index (χ0n) is 10.3. The van der Waals surface area contributed by atoms with Crippen molar-refractivity contribution in [3.05, 3.63) is 11.6 Å². The van der Waals surface area contributed by atoms with Gasteiger partial charge in [-0.1, -0.05) is 25.5 Å². The van der Waals surface area contributed by atoms with Crippen LogP contribution < -0.4 is 0 Å². The first-order valence-corrected chi connectivity index (χ1v) is 6.34. The van der Waals surface area contributed by atoms with Crippen molar-refractivity contribution in [2.24, 2.45) is 17.3 Å².